The SMILES string of the molecule is CCCC(C)(C)C(=O)c1cc(COC(=O)C(C)(C)C)ccc1OC1OC(C(=O)O)[C@@H](O)C(O)[C@H]1O. The molecule has 0 bridgehead atoms. The van der Waals surface area contributed by atoms with E-state index in [2.05, 4.69) is 0 Å². The normalized spacial score (nSPS) is 25.1. The lowest BCUT2D eigenvalue weighted by Crippen LogP contribution is -2.61. The minimum absolute atomic E-state index is 0.0122. The smallest absolute Gasteiger partial charge is 0.335 e. The topological polar surface area (TPSA) is 160 Å². The van der Waals surface area contributed by atoms with Gasteiger partial charge in [-0.05, 0) is 44.9 Å². The number of carboxylic acids is 1. The maximum Gasteiger partial charge on any atom is 0.335 e. The number of aliphatic carboxylic acids is 1. The lowest BCUT2D eigenvalue weighted by Gasteiger charge is -2.38. The third-order valence-electron chi connectivity index (χ3n) is 5.82. The fourth-order valence-electron chi connectivity index (χ4n) is 3.69. The van der Waals surface area contributed by atoms with Crippen LogP contribution in [0.25, 0.3) is 0 Å². The fourth-order valence-corrected chi connectivity index (χ4v) is 3.69. The van der Waals surface area contributed by atoms with Crippen LogP contribution in [0.5, 0.6) is 5.75 Å². The minimum Gasteiger partial charge on any atom is -0.479 e. The number of esters is 1. The molecule has 1 fully saturated rings. The van der Waals surface area contributed by atoms with Gasteiger partial charge in [0.15, 0.2) is 11.9 Å². The van der Waals surface area contributed by atoms with Gasteiger partial charge in [0, 0.05) is 5.41 Å². The quantitative estimate of drug-likeness (QED) is 0.294. The van der Waals surface area contributed by atoms with Gasteiger partial charge in [0.05, 0.1) is 11.0 Å². The molecule has 1 aromatic rings. The summed E-state index contributed by atoms with van der Waals surface area (Å²) < 4.78 is 16.2. The van der Waals surface area contributed by atoms with Crippen molar-refractivity contribution in [1.82, 2.24) is 0 Å². The van der Waals surface area contributed by atoms with E-state index in [4.69, 9.17) is 14.2 Å². The summed E-state index contributed by atoms with van der Waals surface area (Å²) >= 11 is 0. The van der Waals surface area contributed by atoms with Crippen molar-refractivity contribution in [1.29, 1.82) is 0 Å². The van der Waals surface area contributed by atoms with E-state index >= 15 is 0 Å². The van der Waals surface area contributed by atoms with E-state index in [0.29, 0.717) is 12.0 Å². The molecule has 0 amide bonds. The number of carbonyl (C=O) groups is 3. The Labute approximate surface area is 204 Å². The average Bonchev–Trinajstić information content (AvgIpc) is 2.76. The molecule has 0 saturated carbocycles. The van der Waals surface area contributed by atoms with E-state index in [-0.39, 0.29) is 23.7 Å². The summed E-state index contributed by atoms with van der Waals surface area (Å²) in [5, 5.41) is 39.6. The molecule has 0 aliphatic carbocycles. The predicted molar refractivity (Wildman–Crippen MR) is 124 cm³/mol. The molecule has 35 heavy (non-hydrogen) atoms. The highest BCUT2D eigenvalue weighted by Crippen LogP contribution is 2.34. The minimum atomic E-state index is -1.87. The summed E-state index contributed by atoms with van der Waals surface area (Å²) in [5.74, 6) is -2.25. The van der Waals surface area contributed by atoms with Crippen molar-refractivity contribution in [3.05, 3.63) is 29.3 Å². The van der Waals surface area contributed by atoms with Crippen LogP contribution in [0.3, 0.4) is 0 Å². The number of ketones is 1. The van der Waals surface area contributed by atoms with Gasteiger partial charge in [-0.1, -0.05) is 33.3 Å². The second-order valence-corrected chi connectivity index (χ2v) is 10.5. The largest absolute Gasteiger partial charge is 0.479 e. The zero-order chi connectivity index (χ0) is 26.7. The Balaban J connectivity index is 2.41. The highest BCUT2D eigenvalue weighted by Gasteiger charge is 2.48. The van der Waals surface area contributed by atoms with Gasteiger partial charge in [-0.3, -0.25) is 9.59 Å². The van der Waals surface area contributed by atoms with Crippen LogP contribution in [-0.2, 0) is 25.7 Å². The maximum absolute atomic E-state index is 13.5. The Hall–Kier alpha value is -2.53. The number of carboxylic acid groups (broad SMARTS) is 1. The number of Topliss-reactive ketones (excluding diaryl/α,β-unsaturated/α-hetero) is 1. The van der Waals surface area contributed by atoms with Crippen molar-refractivity contribution in [2.45, 2.75) is 91.7 Å². The number of aliphatic hydroxyl groups is 3. The highest BCUT2D eigenvalue weighted by molar-refractivity contribution is 6.02. The van der Waals surface area contributed by atoms with E-state index in [1.54, 1.807) is 40.7 Å². The second kappa shape index (κ2) is 11.0. The van der Waals surface area contributed by atoms with Gasteiger partial charge in [0.25, 0.3) is 0 Å². The van der Waals surface area contributed by atoms with Crippen LogP contribution >= 0.6 is 0 Å². The molecule has 1 aromatic carbocycles. The molecule has 1 aliphatic heterocycles. The zero-order valence-electron chi connectivity index (χ0n) is 21.0. The molecular formula is C25H36O10. The van der Waals surface area contributed by atoms with Crippen LogP contribution in [0.15, 0.2) is 18.2 Å². The Kier molecular flexibility index (Phi) is 9.05. The summed E-state index contributed by atoms with van der Waals surface area (Å²) in [4.78, 5) is 37.0. The lowest BCUT2D eigenvalue weighted by atomic mass is 9.80. The highest BCUT2D eigenvalue weighted by atomic mass is 16.7. The van der Waals surface area contributed by atoms with E-state index in [0.717, 1.165) is 6.42 Å². The molecule has 5 atom stereocenters. The Morgan fingerprint density at radius 2 is 1.63 bits per heavy atom. The summed E-state index contributed by atoms with van der Waals surface area (Å²) in [5.41, 5.74) is -0.838. The predicted octanol–water partition coefficient (Wildman–Crippen LogP) is 2.06. The van der Waals surface area contributed by atoms with Crippen LogP contribution < -0.4 is 4.74 Å². The molecule has 196 valence electrons. The third-order valence-corrected chi connectivity index (χ3v) is 5.82. The van der Waals surface area contributed by atoms with Gasteiger partial charge in [-0.2, -0.15) is 0 Å². The molecule has 10 heteroatoms. The van der Waals surface area contributed by atoms with Crippen molar-refractivity contribution in [3.8, 4) is 5.75 Å². The Bertz CT molecular complexity index is 933. The number of rotatable bonds is 9. The molecular weight excluding hydrogens is 460 g/mol. The number of hydrogen-bond donors (Lipinski definition) is 4. The number of carbonyl (C=O) groups excluding carboxylic acids is 2. The molecule has 1 heterocycles. The van der Waals surface area contributed by atoms with Gasteiger partial charge in [0.1, 0.15) is 30.7 Å². The number of aliphatic hydroxyl groups excluding tert-OH is 3. The maximum atomic E-state index is 13.5. The van der Waals surface area contributed by atoms with E-state index in [1.165, 1.54) is 12.1 Å². The second-order valence-electron chi connectivity index (χ2n) is 10.5. The average molecular weight is 497 g/mol. The Morgan fingerprint density at radius 1 is 1.00 bits per heavy atom. The van der Waals surface area contributed by atoms with Gasteiger partial charge < -0.3 is 34.6 Å². The molecule has 0 aromatic heterocycles. The van der Waals surface area contributed by atoms with Crippen LogP contribution in [0.2, 0.25) is 0 Å². The first-order valence-corrected chi connectivity index (χ1v) is 11.5. The molecule has 10 nitrogen and oxygen atoms in total. The van der Waals surface area contributed by atoms with E-state index < -0.39 is 53.5 Å². The molecule has 1 saturated heterocycles. The van der Waals surface area contributed by atoms with Crippen molar-refractivity contribution in [2.24, 2.45) is 10.8 Å². The molecule has 1 aliphatic rings. The first-order chi connectivity index (χ1) is 16.1. The lowest BCUT2D eigenvalue weighted by molar-refractivity contribution is -0.271. The fraction of sp³-hybridized carbons (Fsp3) is 0.640. The van der Waals surface area contributed by atoms with E-state index in [9.17, 15) is 34.8 Å². The van der Waals surface area contributed by atoms with Gasteiger partial charge >= 0.3 is 11.9 Å². The van der Waals surface area contributed by atoms with Gasteiger partial charge in [-0.25, -0.2) is 4.79 Å². The van der Waals surface area contributed by atoms with Crippen molar-refractivity contribution < 1.29 is 49.0 Å². The monoisotopic (exact) mass is 496 g/mol. The Morgan fingerprint density at radius 3 is 2.17 bits per heavy atom. The summed E-state index contributed by atoms with van der Waals surface area (Å²) in [6.45, 7) is 10.6. The number of ether oxygens (including phenoxy) is 3. The van der Waals surface area contributed by atoms with Gasteiger partial charge in [0.2, 0.25) is 6.29 Å². The van der Waals surface area contributed by atoms with Gasteiger partial charge in [-0.15, -0.1) is 0 Å². The van der Waals surface area contributed by atoms with Crippen molar-refractivity contribution in [2.75, 3.05) is 0 Å². The first kappa shape index (κ1) is 28.7. The molecule has 0 spiro atoms. The van der Waals surface area contributed by atoms with E-state index in [1.807, 2.05) is 6.92 Å². The summed E-state index contributed by atoms with van der Waals surface area (Å²) in [6.07, 6.45) is -7.69. The number of benzene rings is 1. The van der Waals surface area contributed by atoms with Crippen LogP contribution in [0.1, 0.15) is 70.3 Å². The molecule has 0 radical (unpaired) electrons. The molecule has 4 N–H and O–H groups in total. The number of hydrogen-bond acceptors (Lipinski definition) is 9. The third kappa shape index (κ3) is 6.78. The van der Waals surface area contributed by atoms with Crippen molar-refractivity contribution >= 4 is 17.7 Å². The molecule has 2 rings (SSSR count). The molecule has 3 unspecified atom stereocenters. The standard InChI is InChI=1S/C25H36O10/c1-7-10-25(5,6)20(29)14-11-13(12-33-23(32)24(2,3)4)8-9-15(14)34-22-18(28)16(26)17(27)19(35-22)21(30)31/h8-9,11,16-19,22,26-28H,7,10,12H2,1-6H3,(H,30,31)/t16?,17-,18+,19?,22?/m0/s1. The van der Waals surface area contributed by atoms with Crippen LogP contribution in [0, 0.1) is 10.8 Å². The van der Waals surface area contributed by atoms with Crippen molar-refractivity contribution in [3.63, 3.8) is 0 Å². The van der Waals surface area contributed by atoms with Crippen LogP contribution in [-0.4, -0.2) is 68.9 Å². The summed E-state index contributed by atoms with van der Waals surface area (Å²) in [7, 11) is 0. The first-order valence-electron chi connectivity index (χ1n) is 11.5. The van der Waals surface area contributed by atoms with Crippen LogP contribution in [0.4, 0.5) is 0 Å². The zero-order valence-corrected chi connectivity index (χ0v) is 21.0. The summed E-state index contributed by atoms with van der Waals surface area (Å²) in [6, 6.07) is 4.50.